The maximum absolute atomic E-state index is 10.7. The van der Waals surface area contributed by atoms with Crippen molar-refractivity contribution in [1.82, 2.24) is 4.98 Å². The minimum atomic E-state index is -1.41. The van der Waals surface area contributed by atoms with E-state index in [1.165, 1.54) is 18.3 Å². The highest BCUT2D eigenvalue weighted by molar-refractivity contribution is 5.91. The van der Waals surface area contributed by atoms with Gasteiger partial charge in [-0.05, 0) is 12.1 Å². The van der Waals surface area contributed by atoms with E-state index in [1.54, 1.807) is 0 Å². The van der Waals surface area contributed by atoms with Crippen molar-refractivity contribution < 1.29 is 19.8 Å². The van der Waals surface area contributed by atoms with Gasteiger partial charge in [0, 0.05) is 6.20 Å². The molecule has 4 N–H and O–H groups in total. The van der Waals surface area contributed by atoms with Crippen LogP contribution in [0, 0.1) is 0 Å². The van der Waals surface area contributed by atoms with Crippen molar-refractivity contribution in [2.24, 2.45) is 5.73 Å². The molecule has 0 aliphatic carbocycles. The van der Waals surface area contributed by atoms with Crippen LogP contribution in [0.4, 0.5) is 0 Å². The van der Waals surface area contributed by atoms with E-state index in [-0.39, 0.29) is 11.3 Å². The summed E-state index contributed by atoms with van der Waals surface area (Å²) in [5.41, 5.74) is 4.91. The van der Waals surface area contributed by atoms with Crippen LogP contribution < -0.4 is 5.73 Å². The van der Waals surface area contributed by atoms with Gasteiger partial charge in [-0.25, -0.2) is 4.79 Å². The van der Waals surface area contributed by atoms with Gasteiger partial charge in [0.15, 0.2) is 0 Å². The zero-order valence-electron chi connectivity index (χ0n) is 7.04. The quantitative estimate of drug-likeness (QED) is 0.620. The van der Waals surface area contributed by atoms with Gasteiger partial charge in [-0.3, -0.25) is 9.78 Å². The van der Waals surface area contributed by atoms with Crippen LogP contribution in [0.15, 0.2) is 18.3 Å². The predicted molar refractivity (Wildman–Crippen MR) is 45.8 cm³/mol. The number of aliphatic carboxylic acids is 1. The molecule has 1 heterocycles. The summed E-state index contributed by atoms with van der Waals surface area (Å²) in [6.45, 7) is 0. The molecule has 0 saturated heterocycles. The Balaban J connectivity index is 3.19. The van der Waals surface area contributed by atoms with Gasteiger partial charge in [-0.15, -0.1) is 0 Å². The Kier molecular flexibility index (Phi) is 2.78. The summed E-state index contributed by atoms with van der Waals surface area (Å²) in [4.78, 5) is 24.8. The third kappa shape index (κ3) is 1.86. The number of hydrogen-bond acceptors (Lipinski definition) is 4. The van der Waals surface area contributed by atoms with E-state index in [4.69, 9.17) is 15.9 Å². The molecule has 74 valence electrons. The number of carboxylic acid groups (broad SMARTS) is 2. The Labute approximate surface area is 79.0 Å². The van der Waals surface area contributed by atoms with Crippen molar-refractivity contribution in [3.8, 4) is 0 Å². The summed E-state index contributed by atoms with van der Waals surface area (Å²) in [6, 6.07) is 1.25. The Morgan fingerprint density at radius 3 is 2.57 bits per heavy atom. The molecule has 1 rings (SSSR count). The summed E-state index contributed by atoms with van der Waals surface area (Å²) >= 11 is 0. The zero-order chi connectivity index (χ0) is 10.7. The monoisotopic (exact) mass is 196 g/mol. The molecular weight excluding hydrogens is 188 g/mol. The van der Waals surface area contributed by atoms with E-state index in [0.29, 0.717) is 0 Å². The second kappa shape index (κ2) is 3.84. The van der Waals surface area contributed by atoms with Crippen molar-refractivity contribution in [2.45, 2.75) is 6.04 Å². The van der Waals surface area contributed by atoms with Crippen LogP contribution in [0.25, 0.3) is 0 Å². The maximum Gasteiger partial charge on any atom is 0.337 e. The first-order valence-corrected chi connectivity index (χ1v) is 3.70. The summed E-state index contributed by atoms with van der Waals surface area (Å²) in [5, 5.41) is 17.3. The van der Waals surface area contributed by atoms with Crippen molar-refractivity contribution >= 4 is 11.9 Å². The molecule has 0 unspecified atom stereocenters. The fourth-order valence-electron chi connectivity index (χ4n) is 0.963. The number of hydrogen-bond donors (Lipinski definition) is 3. The molecule has 6 heteroatoms. The van der Waals surface area contributed by atoms with Gasteiger partial charge in [-0.2, -0.15) is 0 Å². The molecule has 1 aromatic rings. The van der Waals surface area contributed by atoms with E-state index in [0.717, 1.165) is 0 Å². The molecule has 6 nitrogen and oxygen atoms in total. The first kappa shape index (κ1) is 10.1. The number of carbonyl (C=O) groups is 2. The van der Waals surface area contributed by atoms with Crippen LogP contribution in [0.1, 0.15) is 22.1 Å². The largest absolute Gasteiger partial charge is 0.480 e. The van der Waals surface area contributed by atoms with Gasteiger partial charge >= 0.3 is 11.9 Å². The van der Waals surface area contributed by atoms with Crippen molar-refractivity contribution in [3.63, 3.8) is 0 Å². The lowest BCUT2D eigenvalue weighted by Crippen LogP contribution is -2.24. The van der Waals surface area contributed by atoms with Gasteiger partial charge in [0.2, 0.25) is 0 Å². The summed E-state index contributed by atoms with van der Waals surface area (Å²) in [6.07, 6.45) is 1.30. The van der Waals surface area contributed by atoms with Crippen LogP contribution in [0.3, 0.4) is 0 Å². The van der Waals surface area contributed by atoms with Crippen molar-refractivity contribution in [3.05, 3.63) is 29.6 Å². The highest BCUT2D eigenvalue weighted by Crippen LogP contribution is 2.13. The maximum atomic E-state index is 10.7. The molecular formula is C8H8N2O4. The zero-order valence-corrected chi connectivity index (χ0v) is 7.04. The molecule has 14 heavy (non-hydrogen) atoms. The average molecular weight is 196 g/mol. The number of rotatable bonds is 3. The molecule has 0 spiro atoms. The Bertz CT molecular complexity index is 377. The molecule has 0 aliphatic rings. The SMILES string of the molecule is N[C@@H](C(=O)O)c1ncccc1C(=O)O. The second-order valence-electron chi connectivity index (χ2n) is 2.56. The van der Waals surface area contributed by atoms with Crippen LogP contribution in [0.2, 0.25) is 0 Å². The molecule has 0 saturated carbocycles. The standard InChI is InChI=1S/C8H8N2O4/c9-5(8(13)14)6-4(7(11)12)2-1-3-10-6/h1-3,5H,9H2,(H,11,12)(H,13,14)/t5-/m1/s1. The highest BCUT2D eigenvalue weighted by atomic mass is 16.4. The van der Waals surface area contributed by atoms with Gasteiger partial charge in [0.1, 0.15) is 6.04 Å². The molecule has 0 radical (unpaired) electrons. The second-order valence-corrected chi connectivity index (χ2v) is 2.56. The molecule has 0 aromatic carbocycles. The summed E-state index contributed by atoms with van der Waals surface area (Å²) in [7, 11) is 0. The minimum absolute atomic E-state index is 0.146. The lowest BCUT2D eigenvalue weighted by atomic mass is 10.1. The lowest BCUT2D eigenvalue weighted by molar-refractivity contribution is -0.138. The number of pyridine rings is 1. The first-order chi connectivity index (χ1) is 6.54. The van der Waals surface area contributed by atoms with Crippen LogP contribution >= 0.6 is 0 Å². The molecule has 0 bridgehead atoms. The van der Waals surface area contributed by atoms with E-state index in [1.807, 2.05) is 0 Å². The predicted octanol–water partition coefficient (Wildman–Crippen LogP) is -0.136. The Hall–Kier alpha value is -1.95. The summed E-state index contributed by atoms with van der Waals surface area (Å²) in [5.74, 6) is -2.56. The number of nitrogens with two attached hydrogens (primary N) is 1. The molecule has 1 atom stereocenters. The number of aromatic nitrogens is 1. The van der Waals surface area contributed by atoms with Gasteiger partial charge in [0.05, 0.1) is 11.3 Å². The number of aromatic carboxylic acids is 1. The minimum Gasteiger partial charge on any atom is -0.480 e. The van der Waals surface area contributed by atoms with E-state index >= 15 is 0 Å². The third-order valence-corrected chi connectivity index (χ3v) is 1.63. The van der Waals surface area contributed by atoms with Gasteiger partial charge < -0.3 is 15.9 Å². The van der Waals surface area contributed by atoms with Gasteiger partial charge in [-0.1, -0.05) is 0 Å². The van der Waals surface area contributed by atoms with Crippen molar-refractivity contribution in [1.29, 1.82) is 0 Å². The smallest absolute Gasteiger partial charge is 0.337 e. The number of nitrogens with zero attached hydrogens (tertiary/aromatic N) is 1. The fraction of sp³-hybridized carbons (Fsp3) is 0.125. The Morgan fingerprint density at radius 2 is 2.07 bits per heavy atom. The molecule has 1 aromatic heterocycles. The van der Waals surface area contributed by atoms with Crippen LogP contribution in [-0.2, 0) is 4.79 Å². The van der Waals surface area contributed by atoms with E-state index < -0.39 is 18.0 Å². The lowest BCUT2D eigenvalue weighted by Gasteiger charge is -2.07. The normalized spacial score (nSPS) is 12.1. The van der Waals surface area contributed by atoms with Crippen LogP contribution in [-0.4, -0.2) is 27.1 Å². The molecule has 0 aliphatic heterocycles. The van der Waals surface area contributed by atoms with E-state index in [2.05, 4.69) is 4.98 Å². The highest BCUT2D eigenvalue weighted by Gasteiger charge is 2.22. The van der Waals surface area contributed by atoms with E-state index in [9.17, 15) is 9.59 Å². The number of carboxylic acids is 2. The topological polar surface area (TPSA) is 114 Å². The van der Waals surface area contributed by atoms with Gasteiger partial charge in [0.25, 0.3) is 0 Å². The third-order valence-electron chi connectivity index (χ3n) is 1.63. The molecule has 0 amide bonds. The molecule has 0 fully saturated rings. The Morgan fingerprint density at radius 1 is 1.43 bits per heavy atom. The van der Waals surface area contributed by atoms with Crippen molar-refractivity contribution in [2.75, 3.05) is 0 Å². The fourth-order valence-corrected chi connectivity index (χ4v) is 0.963. The summed E-state index contributed by atoms with van der Waals surface area (Å²) < 4.78 is 0. The average Bonchev–Trinajstić information content (AvgIpc) is 2.16. The first-order valence-electron chi connectivity index (χ1n) is 3.70. The van der Waals surface area contributed by atoms with Crippen LogP contribution in [0.5, 0.6) is 0 Å².